The molecule has 2 N–H and O–H groups in total. The van der Waals surface area contributed by atoms with Crippen LogP contribution in [0.3, 0.4) is 0 Å². The van der Waals surface area contributed by atoms with Crippen LogP contribution in [0.5, 0.6) is 0 Å². The first-order valence-corrected chi connectivity index (χ1v) is 11.2. The van der Waals surface area contributed by atoms with Gasteiger partial charge in [-0.15, -0.1) is 0 Å². The highest BCUT2D eigenvalue weighted by molar-refractivity contribution is 8.10. The Kier molecular flexibility index (Phi) is 7.40. The Bertz CT molecular complexity index is 1010. The van der Waals surface area contributed by atoms with Crippen LogP contribution >= 0.6 is 11.8 Å². The molecule has 1 heterocycles. The van der Waals surface area contributed by atoms with E-state index in [0.29, 0.717) is 6.54 Å². The number of thioether (sulfide) groups is 1. The van der Waals surface area contributed by atoms with E-state index >= 15 is 0 Å². The lowest BCUT2D eigenvalue weighted by Crippen LogP contribution is -2.05. The normalized spacial score (nSPS) is 12.7. The number of benzene rings is 2. The van der Waals surface area contributed by atoms with Gasteiger partial charge in [0.15, 0.2) is 0 Å². The topological polar surface area (TPSA) is 39.2 Å². The maximum atomic E-state index is 6.08. The molecule has 3 aromatic rings. The number of nitrogens with two attached hydrogens (primary N) is 1. The van der Waals surface area contributed by atoms with E-state index in [0.717, 1.165) is 36.0 Å². The fourth-order valence-electron chi connectivity index (χ4n) is 3.55. The molecule has 0 aliphatic rings. The van der Waals surface area contributed by atoms with Crippen LogP contribution < -0.4 is 5.73 Å². The van der Waals surface area contributed by atoms with Crippen molar-refractivity contribution in [3.8, 4) is 0 Å². The number of furan rings is 1. The summed E-state index contributed by atoms with van der Waals surface area (Å²) in [4.78, 5) is 1.18. The van der Waals surface area contributed by atoms with Gasteiger partial charge < -0.3 is 10.2 Å². The second kappa shape index (κ2) is 10.00. The molecule has 0 fully saturated rings. The number of para-hydroxylation sites is 1. The van der Waals surface area contributed by atoms with Crippen molar-refractivity contribution < 1.29 is 4.42 Å². The fourth-order valence-corrected chi connectivity index (χ4v) is 4.44. The summed E-state index contributed by atoms with van der Waals surface area (Å²) in [6.45, 7) is 9.45. The van der Waals surface area contributed by atoms with Crippen molar-refractivity contribution in [1.82, 2.24) is 0 Å². The van der Waals surface area contributed by atoms with Crippen LogP contribution in [-0.4, -0.2) is 6.54 Å². The molecule has 0 spiro atoms. The summed E-state index contributed by atoms with van der Waals surface area (Å²) >= 11 is 1.75. The van der Waals surface area contributed by atoms with E-state index in [4.69, 9.17) is 10.2 Å². The minimum absolute atomic E-state index is 0.698. The third-order valence-corrected chi connectivity index (χ3v) is 6.26. The highest BCUT2D eigenvalue weighted by Crippen LogP contribution is 2.34. The summed E-state index contributed by atoms with van der Waals surface area (Å²) in [6.07, 6.45) is 5.12. The number of hydrogen-bond donors (Lipinski definition) is 1. The average Bonchev–Trinajstić information content (AvgIpc) is 3.13. The van der Waals surface area contributed by atoms with Crippen LogP contribution in [0, 0.1) is 13.8 Å². The molecule has 0 radical (unpaired) electrons. The number of fused-ring (bicyclic) bond motifs is 1. The van der Waals surface area contributed by atoms with Gasteiger partial charge in [0.1, 0.15) is 11.3 Å². The van der Waals surface area contributed by atoms with E-state index < -0.39 is 0 Å². The van der Waals surface area contributed by atoms with E-state index in [9.17, 15) is 0 Å². The molecule has 0 amide bonds. The van der Waals surface area contributed by atoms with Crippen LogP contribution in [0.15, 0.2) is 63.9 Å². The van der Waals surface area contributed by atoms with Gasteiger partial charge in [-0.2, -0.15) is 0 Å². The molecule has 3 heteroatoms. The van der Waals surface area contributed by atoms with Crippen LogP contribution in [0.4, 0.5) is 0 Å². The molecule has 0 atom stereocenters. The van der Waals surface area contributed by atoms with Crippen LogP contribution in [-0.2, 0) is 12.8 Å². The largest absolute Gasteiger partial charge is 0.456 e. The standard InChI is InChI=1S/C26H31NOS/c1-5-8-26(25-16-22-9-6-7-10-24(22)28-25)29-17-18(2)13-23-15-19(3)21(11-12-27)14-20(23)4/h6-10,14-17H,5,11-13,27H2,1-4H3/b18-17+,26-8-. The van der Waals surface area contributed by atoms with Gasteiger partial charge in [0.25, 0.3) is 0 Å². The highest BCUT2D eigenvalue weighted by Gasteiger charge is 2.09. The molecule has 2 aromatic carbocycles. The Morgan fingerprint density at radius 1 is 1.07 bits per heavy atom. The lowest BCUT2D eigenvalue weighted by Gasteiger charge is -2.12. The monoisotopic (exact) mass is 405 g/mol. The number of aryl methyl sites for hydroxylation is 2. The summed E-state index contributed by atoms with van der Waals surface area (Å²) in [5, 5.41) is 3.41. The Morgan fingerprint density at radius 3 is 2.52 bits per heavy atom. The van der Waals surface area contributed by atoms with Crippen molar-refractivity contribution >= 4 is 27.6 Å². The number of allylic oxidation sites excluding steroid dienone is 2. The third-order valence-electron chi connectivity index (χ3n) is 5.12. The molecule has 0 saturated carbocycles. The summed E-state index contributed by atoms with van der Waals surface area (Å²) in [5.41, 5.74) is 13.5. The first-order chi connectivity index (χ1) is 14.0. The average molecular weight is 406 g/mol. The first kappa shape index (κ1) is 21.5. The molecule has 0 aliphatic carbocycles. The van der Waals surface area contributed by atoms with Crippen molar-refractivity contribution in [3.05, 3.63) is 87.5 Å². The van der Waals surface area contributed by atoms with Crippen LogP contribution in [0.1, 0.15) is 48.3 Å². The molecule has 1 aromatic heterocycles. The lowest BCUT2D eigenvalue weighted by atomic mass is 9.95. The van der Waals surface area contributed by atoms with E-state index in [-0.39, 0.29) is 0 Å². The molecule has 0 aliphatic heterocycles. The summed E-state index contributed by atoms with van der Waals surface area (Å²) in [7, 11) is 0. The maximum Gasteiger partial charge on any atom is 0.141 e. The van der Waals surface area contributed by atoms with Crippen molar-refractivity contribution in [2.45, 2.75) is 47.0 Å². The Balaban J connectivity index is 1.76. The van der Waals surface area contributed by atoms with E-state index in [2.05, 4.69) is 63.4 Å². The molecule has 0 saturated heterocycles. The smallest absolute Gasteiger partial charge is 0.141 e. The molecule has 0 unspecified atom stereocenters. The van der Waals surface area contributed by atoms with Gasteiger partial charge in [0.2, 0.25) is 0 Å². The van der Waals surface area contributed by atoms with Gasteiger partial charge in [-0.1, -0.05) is 60.7 Å². The molecule has 152 valence electrons. The van der Waals surface area contributed by atoms with E-state index in [1.54, 1.807) is 11.8 Å². The Morgan fingerprint density at radius 2 is 1.79 bits per heavy atom. The van der Waals surface area contributed by atoms with Crippen molar-refractivity contribution in [3.63, 3.8) is 0 Å². The van der Waals surface area contributed by atoms with Crippen LogP contribution in [0.25, 0.3) is 15.9 Å². The zero-order chi connectivity index (χ0) is 20.8. The van der Waals surface area contributed by atoms with E-state index in [1.807, 2.05) is 18.2 Å². The predicted molar refractivity (Wildman–Crippen MR) is 128 cm³/mol. The zero-order valence-corrected chi connectivity index (χ0v) is 18.7. The molecule has 3 rings (SSSR count). The third kappa shape index (κ3) is 5.43. The van der Waals surface area contributed by atoms with Gasteiger partial charge in [0.05, 0.1) is 4.91 Å². The van der Waals surface area contributed by atoms with Crippen LogP contribution in [0.2, 0.25) is 0 Å². The molecule has 0 bridgehead atoms. The van der Waals surface area contributed by atoms with Crippen molar-refractivity contribution in [2.75, 3.05) is 6.54 Å². The predicted octanol–water partition coefficient (Wildman–Crippen LogP) is 7.18. The molecular formula is C26H31NOS. The fraction of sp³-hybridized carbons (Fsp3) is 0.308. The molecular weight excluding hydrogens is 374 g/mol. The minimum Gasteiger partial charge on any atom is -0.456 e. The second-order valence-corrected chi connectivity index (χ2v) is 8.54. The quantitative estimate of drug-likeness (QED) is 0.431. The minimum atomic E-state index is 0.698. The lowest BCUT2D eigenvalue weighted by molar-refractivity contribution is 0.603. The van der Waals surface area contributed by atoms with Gasteiger partial charge in [-0.05, 0) is 86.4 Å². The highest BCUT2D eigenvalue weighted by atomic mass is 32.2. The SMILES string of the molecule is CC/C=C(\S/C=C(\C)Cc1cc(C)c(CCN)cc1C)c1cc2ccccc2o1. The van der Waals surface area contributed by atoms with E-state index in [1.165, 1.54) is 32.7 Å². The second-order valence-electron chi connectivity index (χ2n) is 7.63. The zero-order valence-electron chi connectivity index (χ0n) is 17.9. The Labute approximate surface area is 178 Å². The maximum absolute atomic E-state index is 6.08. The summed E-state index contributed by atoms with van der Waals surface area (Å²) in [5.74, 6) is 0.945. The van der Waals surface area contributed by atoms with Gasteiger partial charge in [-0.3, -0.25) is 0 Å². The number of hydrogen-bond acceptors (Lipinski definition) is 3. The summed E-state index contributed by atoms with van der Waals surface area (Å²) in [6, 6.07) is 14.9. The summed E-state index contributed by atoms with van der Waals surface area (Å²) < 4.78 is 6.08. The number of rotatable bonds is 8. The van der Waals surface area contributed by atoms with Gasteiger partial charge >= 0.3 is 0 Å². The van der Waals surface area contributed by atoms with Crippen molar-refractivity contribution in [2.24, 2.45) is 5.73 Å². The molecule has 29 heavy (non-hydrogen) atoms. The Hall–Kier alpha value is -2.23. The van der Waals surface area contributed by atoms with Gasteiger partial charge in [0, 0.05) is 5.39 Å². The first-order valence-electron chi connectivity index (χ1n) is 10.3. The van der Waals surface area contributed by atoms with Crippen molar-refractivity contribution in [1.29, 1.82) is 0 Å². The molecule has 2 nitrogen and oxygen atoms in total. The van der Waals surface area contributed by atoms with Gasteiger partial charge in [-0.25, -0.2) is 0 Å².